The van der Waals surface area contributed by atoms with E-state index in [1.807, 2.05) is 34.1 Å². The molecular formula is C30H38N6O3. The predicted molar refractivity (Wildman–Crippen MR) is 150 cm³/mol. The summed E-state index contributed by atoms with van der Waals surface area (Å²) in [4.78, 5) is 41.7. The fraction of sp³-hybridized carbons (Fsp3) is 0.533. The lowest BCUT2D eigenvalue weighted by molar-refractivity contribution is 0.0703. The second-order valence-electron chi connectivity index (χ2n) is 11.3. The molecule has 2 atom stereocenters. The first-order valence-electron chi connectivity index (χ1n) is 14.3. The molecule has 2 unspecified atom stereocenters. The first-order valence-corrected chi connectivity index (χ1v) is 14.3. The maximum atomic E-state index is 13.6. The second-order valence-corrected chi connectivity index (χ2v) is 11.3. The number of anilines is 2. The number of hydrogen-bond donors (Lipinski definition) is 1. The molecule has 1 aromatic carbocycles. The molecule has 2 fully saturated rings. The molecule has 2 saturated heterocycles. The van der Waals surface area contributed by atoms with Crippen molar-refractivity contribution in [2.24, 2.45) is 11.8 Å². The van der Waals surface area contributed by atoms with Crippen LogP contribution in [-0.4, -0.2) is 71.0 Å². The minimum absolute atomic E-state index is 0.0176. The third-order valence-electron chi connectivity index (χ3n) is 9.04. The summed E-state index contributed by atoms with van der Waals surface area (Å²) in [5.41, 5.74) is 3.61. The van der Waals surface area contributed by atoms with Crippen LogP contribution in [0.1, 0.15) is 61.5 Å². The van der Waals surface area contributed by atoms with Crippen molar-refractivity contribution in [3.63, 3.8) is 0 Å². The highest BCUT2D eigenvalue weighted by molar-refractivity contribution is 5.94. The molecule has 0 bridgehead atoms. The van der Waals surface area contributed by atoms with Crippen molar-refractivity contribution < 1.29 is 14.3 Å². The molecule has 3 aliphatic heterocycles. The van der Waals surface area contributed by atoms with E-state index in [0.29, 0.717) is 24.1 Å². The van der Waals surface area contributed by atoms with E-state index in [9.17, 15) is 9.59 Å². The fourth-order valence-corrected chi connectivity index (χ4v) is 6.74. The Labute approximate surface area is 230 Å². The molecule has 206 valence electrons. The zero-order valence-corrected chi connectivity index (χ0v) is 22.9. The summed E-state index contributed by atoms with van der Waals surface area (Å²) in [5.74, 6) is 2.66. The van der Waals surface area contributed by atoms with Crippen LogP contribution in [0, 0.1) is 11.8 Å². The molecule has 1 N–H and O–H groups in total. The van der Waals surface area contributed by atoms with Gasteiger partial charge in [-0.15, -0.1) is 0 Å². The van der Waals surface area contributed by atoms with Gasteiger partial charge >= 0.3 is 6.03 Å². The Morgan fingerprint density at radius 3 is 2.72 bits per heavy atom. The van der Waals surface area contributed by atoms with Crippen molar-refractivity contribution in [1.82, 2.24) is 19.8 Å². The van der Waals surface area contributed by atoms with Crippen molar-refractivity contribution >= 4 is 23.4 Å². The molecule has 3 amide bonds. The van der Waals surface area contributed by atoms with E-state index in [-0.39, 0.29) is 18.0 Å². The number of carbonyl (C=O) groups excluding carboxylic acids is 2. The lowest BCUT2D eigenvalue weighted by Gasteiger charge is -2.41. The van der Waals surface area contributed by atoms with Crippen LogP contribution in [0.4, 0.5) is 16.3 Å². The SMILES string of the molecule is COc1ccc2c(c1)CCN(C1CCN(c3cc(C(=O)N4CCC(C)C5CCCC=C54)ncn3)CC1)C(=O)N2. The van der Waals surface area contributed by atoms with Crippen LogP contribution in [0.3, 0.4) is 0 Å². The molecule has 1 aliphatic carbocycles. The smallest absolute Gasteiger partial charge is 0.322 e. The number of benzene rings is 1. The predicted octanol–water partition coefficient (Wildman–Crippen LogP) is 4.71. The number of amides is 3. The molecule has 9 heteroatoms. The van der Waals surface area contributed by atoms with E-state index in [1.54, 1.807) is 7.11 Å². The van der Waals surface area contributed by atoms with Gasteiger partial charge in [-0.05, 0) is 74.6 Å². The normalized spacial score (nSPS) is 23.8. The van der Waals surface area contributed by atoms with Gasteiger partial charge in [-0.1, -0.05) is 13.0 Å². The number of methoxy groups -OCH3 is 1. The average molecular weight is 531 g/mol. The number of rotatable bonds is 4. The lowest BCUT2D eigenvalue weighted by Crippen LogP contribution is -2.49. The number of allylic oxidation sites excluding steroid dienone is 2. The number of nitrogens with one attached hydrogen (secondary N) is 1. The highest BCUT2D eigenvalue weighted by atomic mass is 16.5. The Balaban J connectivity index is 1.10. The van der Waals surface area contributed by atoms with E-state index >= 15 is 0 Å². The van der Waals surface area contributed by atoms with E-state index in [2.05, 4.69) is 33.2 Å². The number of urea groups is 1. The standard InChI is InChI=1S/C30H38N6O3/c1-20-9-15-36(27-6-4-3-5-24(20)27)29(37)26-18-28(32-19-31-26)34-13-11-22(12-14-34)35-16-10-21-17-23(39-2)7-8-25(21)33-30(35)38/h6-8,17-20,22,24H,3-5,9-16H2,1-2H3,(H,33,38). The van der Waals surface area contributed by atoms with Gasteiger partial charge in [0.05, 0.1) is 7.11 Å². The molecule has 0 spiro atoms. The number of ether oxygens (including phenoxy) is 1. The van der Waals surface area contributed by atoms with Gasteiger partial charge in [0.25, 0.3) is 5.91 Å². The molecule has 4 aliphatic rings. The Bertz CT molecular complexity index is 1270. The van der Waals surface area contributed by atoms with Gasteiger partial charge in [0.2, 0.25) is 0 Å². The van der Waals surface area contributed by atoms with Crippen LogP contribution in [0.2, 0.25) is 0 Å². The summed E-state index contributed by atoms with van der Waals surface area (Å²) < 4.78 is 5.36. The number of hydrogen-bond acceptors (Lipinski definition) is 6. The highest BCUT2D eigenvalue weighted by Crippen LogP contribution is 2.39. The summed E-state index contributed by atoms with van der Waals surface area (Å²) >= 11 is 0. The van der Waals surface area contributed by atoms with Crippen LogP contribution in [0.25, 0.3) is 0 Å². The zero-order valence-electron chi connectivity index (χ0n) is 22.9. The van der Waals surface area contributed by atoms with Crippen molar-refractivity contribution in [1.29, 1.82) is 0 Å². The maximum Gasteiger partial charge on any atom is 0.322 e. The first kappa shape index (κ1) is 25.6. The van der Waals surface area contributed by atoms with Crippen LogP contribution < -0.4 is 15.0 Å². The summed E-state index contributed by atoms with van der Waals surface area (Å²) in [6, 6.07) is 7.77. The number of piperidine rings is 2. The highest BCUT2D eigenvalue weighted by Gasteiger charge is 2.36. The van der Waals surface area contributed by atoms with Gasteiger partial charge in [-0.25, -0.2) is 14.8 Å². The molecule has 9 nitrogen and oxygen atoms in total. The Morgan fingerprint density at radius 2 is 1.90 bits per heavy atom. The molecule has 39 heavy (non-hydrogen) atoms. The number of fused-ring (bicyclic) bond motifs is 2. The second kappa shape index (κ2) is 10.9. The van der Waals surface area contributed by atoms with Crippen molar-refractivity contribution in [3.05, 3.63) is 53.6 Å². The quantitative estimate of drug-likeness (QED) is 0.616. The van der Waals surface area contributed by atoms with E-state index in [1.165, 1.54) is 18.4 Å². The third-order valence-corrected chi connectivity index (χ3v) is 9.04. The maximum absolute atomic E-state index is 13.6. The van der Waals surface area contributed by atoms with E-state index in [0.717, 1.165) is 81.0 Å². The number of nitrogens with zero attached hydrogens (tertiary/aromatic N) is 5. The Morgan fingerprint density at radius 1 is 1.05 bits per heavy atom. The van der Waals surface area contributed by atoms with Crippen molar-refractivity contribution in [2.75, 3.05) is 43.5 Å². The largest absolute Gasteiger partial charge is 0.497 e. The van der Waals surface area contributed by atoms with Crippen molar-refractivity contribution in [3.8, 4) is 5.75 Å². The molecular weight excluding hydrogens is 492 g/mol. The average Bonchev–Trinajstić information content (AvgIpc) is 3.15. The van der Waals surface area contributed by atoms with Gasteiger partial charge in [0, 0.05) is 55.6 Å². The summed E-state index contributed by atoms with van der Waals surface area (Å²) in [7, 11) is 1.66. The van der Waals surface area contributed by atoms with Gasteiger partial charge in [0.15, 0.2) is 0 Å². The van der Waals surface area contributed by atoms with Gasteiger partial charge in [0.1, 0.15) is 23.6 Å². The third kappa shape index (κ3) is 5.06. The van der Waals surface area contributed by atoms with Crippen LogP contribution in [0.15, 0.2) is 42.4 Å². The van der Waals surface area contributed by atoms with Gasteiger partial charge < -0.3 is 24.8 Å². The minimum atomic E-state index is -0.0431. The number of likely N-dealkylation sites (tertiary alicyclic amines) is 1. The van der Waals surface area contributed by atoms with Crippen LogP contribution in [0.5, 0.6) is 5.75 Å². The fourth-order valence-electron chi connectivity index (χ4n) is 6.74. The molecule has 6 rings (SSSR count). The monoisotopic (exact) mass is 530 g/mol. The number of aromatic nitrogens is 2. The molecule has 0 radical (unpaired) electrons. The first-order chi connectivity index (χ1) is 19.0. The van der Waals surface area contributed by atoms with E-state index in [4.69, 9.17) is 4.74 Å². The molecule has 2 aromatic rings. The topological polar surface area (TPSA) is 90.9 Å². The molecule has 0 saturated carbocycles. The van der Waals surface area contributed by atoms with Gasteiger partial charge in [-0.2, -0.15) is 0 Å². The van der Waals surface area contributed by atoms with Crippen molar-refractivity contribution in [2.45, 2.75) is 57.9 Å². The summed E-state index contributed by atoms with van der Waals surface area (Å²) in [5, 5.41) is 3.09. The molecule has 1 aromatic heterocycles. The zero-order chi connectivity index (χ0) is 26.9. The summed E-state index contributed by atoms with van der Waals surface area (Å²) in [6.07, 6.45) is 10.7. The lowest BCUT2D eigenvalue weighted by atomic mass is 9.78. The Kier molecular flexibility index (Phi) is 7.14. The van der Waals surface area contributed by atoms with Crippen LogP contribution in [-0.2, 0) is 6.42 Å². The van der Waals surface area contributed by atoms with E-state index < -0.39 is 0 Å². The molecule has 4 heterocycles. The Hall–Kier alpha value is -3.62. The van der Waals surface area contributed by atoms with Crippen LogP contribution >= 0.6 is 0 Å². The minimum Gasteiger partial charge on any atom is -0.497 e. The summed E-state index contributed by atoms with van der Waals surface area (Å²) in [6.45, 7) is 5.28. The number of carbonyl (C=O) groups is 2. The van der Waals surface area contributed by atoms with Gasteiger partial charge in [-0.3, -0.25) is 4.79 Å².